The number of ether oxygens (including phenoxy) is 3. The largest absolute Gasteiger partial charge is 0.497 e. The third-order valence-corrected chi connectivity index (χ3v) is 5.10. The summed E-state index contributed by atoms with van der Waals surface area (Å²) in [7, 11) is 4.32. The molecule has 4 atom stereocenters. The van der Waals surface area contributed by atoms with Gasteiger partial charge in [-0.05, 0) is 23.8 Å². The second-order valence-electron chi connectivity index (χ2n) is 6.46. The van der Waals surface area contributed by atoms with Gasteiger partial charge in [-0.25, -0.2) is 0 Å². The number of methoxy groups -OCH3 is 3. The molecule has 8 heteroatoms. The number of para-hydroxylation sites is 1. The number of hydrogen-bond acceptors (Lipinski definition) is 7. The Hall–Kier alpha value is -3.13. The fraction of sp³-hybridized carbons (Fsp3) is 0.350. The molecule has 28 heavy (non-hydrogen) atoms. The van der Waals surface area contributed by atoms with Crippen LogP contribution in [-0.2, 0) is 9.53 Å². The van der Waals surface area contributed by atoms with Crippen LogP contribution in [0.15, 0.2) is 48.5 Å². The summed E-state index contributed by atoms with van der Waals surface area (Å²) in [5.74, 6) is -0.123. The van der Waals surface area contributed by atoms with Crippen molar-refractivity contribution in [1.82, 2.24) is 5.32 Å². The molecule has 0 bridgehead atoms. The smallest absolute Gasteiger partial charge is 0.323 e. The quantitative estimate of drug-likeness (QED) is 0.462. The highest BCUT2D eigenvalue weighted by atomic mass is 16.6. The minimum atomic E-state index is -1.09. The number of esters is 1. The SMILES string of the molecule is COC(=O)[C@H]1N[C@@H](c2ccccc2OC)[C@H]([N+](=O)[O-])[C@H]1c1ccc(OC)cc1. The minimum absolute atomic E-state index is 0.345. The van der Waals surface area contributed by atoms with Crippen molar-refractivity contribution in [2.45, 2.75) is 24.0 Å². The van der Waals surface area contributed by atoms with Crippen LogP contribution in [0.4, 0.5) is 0 Å². The molecule has 0 amide bonds. The van der Waals surface area contributed by atoms with Crippen LogP contribution >= 0.6 is 0 Å². The lowest BCUT2D eigenvalue weighted by atomic mass is 9.85. The molecule has 1 saturated heterocycles. The molecule has 0 unspecified atom stereocenters. The highest BCUT2D eigenvalue weighted by molar-refractivity contribution is 5.78. The first-order chi connectivity index (χ1) is 13.5. The Labute approximate surface area is 162 Å². The van der Waals surface area contributed by atoms with Crippen molar-refractivity contribution in [3.63, 3.8) is 0 Å². The third kappa shape index (κ3) is 3.50. The van der Waals surface area contributed by atoms with Gasteiger partial charge in [-0.1, -0.05) is 30.3 Å². The normalized spacial score (nSPS) is 23.8. The van der Waals surface area contributed by atoms with Crippen LogP contribution in [0.1, 0.15) is 23.1 Å². The Kier molecular flexibility index (Phi) is 5.79. The van der Waals surface area contributed by atoms with Crippen LogP contribution in [-0.4, -0.2) is 44.3 Å². The maximum Gasteiger partial charge on any atom is 0.323 e. The van der Waals surface area contributed by atoms with Crippen molar-refractivity contribution < 1.29 is 23.9 Å². The molecule has 0 saturated carbocycles. The van der Waals surface area contributed by atoms with Gasteiger partial charge in [0.2, 0.25) is 6.04 Å². The molecule has 1 N–H and O–H groups in total. The van der Waals surface area contributed by atoms with Crippen LogP contribution in [0.3, 0.4) is 0 Å². The van der Waals surface area contributed by atoms with Crippen LogP contribution in [0.25, 0.3) is 0 Å². The Morgan fingerprint density at radius 2 is 1.71 bits per heavy atom. The van der Waals surface area contributed by atoms with E-state index in [0.29, 0.717) is 22.6 Å². The first-order valence-corrected chi connectivity index (χ1v) is 8.76. The zero-order chi connectivity index (χ0) is 20.3. The zero-order valence-electron chi connectivity index (χ0n) is 15.8. The van der Waals surface area contributed by atoms with Crippen LogP contribution in [0.5, 0.6) is 11.5 Å². The molecule has 148 valence electrons. The summed E-state index contributed by atoms with van der Waals surface area (Å²) in [6, 6.07) is 11.3. The summed E-state index contributed by atoms with van der Waals surface area (Å²) in [5.41, 5.74) is 1.28. The molecule has 1 aliphatic heterocycles. The van der Waals surface area contributed by atoms with Gasteiger partial charge in [-0.3, -0.25) is 20.2 Å². The molecular formula is C20H22N2O6. The fourth-order valence-corrected chi connectivity index (χ4v) is 3.81. The van der Waals surface area contributed by atoms with E-state index in [-0.39, 0.29) is 4.92 Å². The summed E-state index contributed by atoms with van der Waals surface area (Å²) in [5, 5.41) is 15.2. The first-order valence-electron chi connectivity index (χ1n) is 8.76. The maximum absolute atomic E-state index is 12.5. The van der Waals surface area contributed by atoms with Crippen molar-refractivity contribution >= 4 is 5.97 Å². The summed E-state index contributed by atoms with van der Waals surface area (Å²) < 4.78 is 15.5. The van der Waals surface area contributed by atoms with Crippen molar-refractivity contribution in [2.24, 2.45) is 0 Å². The molecule has 2 aromatic carbocycles. The summed E-state index contributed by atoms with van der Waals surface area (Å²) in [6.45, 7) is 0. The standard InChI is InChI=1S/C20H22N2O6/c1-26-13-10-8-12(9-11-13)16-18(20(23)28-3)21-17(19(16)22(24)25)14-6-4-5-7-15(14)27-2/h4-11,16-19,21H,1-3H3/t16-,17-,18-,19+/m0/s1. The number of nitro groups is 1. The van der Waals surface area contributed by atoms with Crippen molar-refractivity contribution in [2.75, 3.05) is 21.3 Å². The molecule has 8 nitrogen and oxygen atoms in total. The molecule has 1 heterocycles. The van der Waals surface area contributed by atoms with Crippen LogP contribution in [0, 0.1) is 10.1 Å². The van der Waals surface area contributed by atoms with Gasteiger partial charge in [0.05, 0.1) is 27.2 Å². The summed E-state index contributed by atoms with van der Waals surface area (Å²) in [6.07, 6.45) is 0. The number of rotatable bonds is 6. The van der Waals surface area contributed by atoms with E-state index < -0.39 is 30.0 Å². The number of carbonyl (C=O) groups excluding carboxylic acids is 1. The zero-order valence-corrected chi connectivity index (χ0v) is 15.8. The lowest BCUT2D eigenvalue weighted by Gasteiger charge is -2.20. The Morgan fingerprint density at radius 3 is 2.29 bits per heavy atom. The van der Waals surface area contributed by atoms with Crippen molar-refractivity contribution in [1.29, 1.82) is 0 Å². The monoisotopic (exact) mass is 386 g/mol. The Morgan fingerprint density at radius 1 is 1.04 bits per heavy atom. The first kappa shape index (κ1) is 19.6. The number of benzene rings is 2. The van der Waals surface area contributed by atoms with Gasteiger partial charge in [-0.2, -0.15) is 0 Å². The average Bonchev–Trinajstić information content (AvgIpc) is 3.13. The van der Waals surface area contributed by atoms with Crippen molar-refractivity contribution in [3.05, 3.63) is 69.8 Å². The molecule has 1 fully saturated rings. The highest BCUT2D eigenvalue weighted by Gasteiger charge is 2.55. The van der Waals surface area contributed by atoms with E-state index in [1.54, 1.807) is 55.6 Å². The van der Waals surface area contributed by atoms with E-state index >= 15 is 0 Å². The Balaban J connectivity index is 2.10. The lowest BCUT2D eigenvalue weighted by Crippen LogP contribution is -2.37. The van der Waals surface area contributed by atoms with Gasteiger partial charge >= 0.3 is 5.97 Å². The lowest BCUT2D eigenvalue weighted by molar-refractivity contribution is -0.527. The van der Waals surface area contributed by atoms with E-state index in [0.717, 1.165) is 0 Å². The second-order valence-corrected chi connectivity index (χ2v) is 6.46. The van der Waals surface area contributed by atoms with Crippen molar-refractivity contribution in [3.8, 4) is 11.5 Å². The molecule has 0 spiro atoms. The van der Waals surface area contributed by atoms with Gasteiger partial charge in [-0.15, -0.1) is 0 Å². The molecule has 0 aliphatic carbocycles. The number of carbonyl (C=O) groups is 1. The van der Waals surface area contributed by atoms with Gasteiger partial charge < -0.3 is 14.2 Å². The minimum Gasteiger partial charge on any atom is -0.497 e. The third-order valence-electron chi connectivity index (χ3n) is 5.10. The number of nitrogens with zero attached hydrogens (tertiary/aromatic N) is 1. The molecular weight excluding hydrogens is 364 g/mol. The van der Waals surface area contributed by atoms with Crippen LogP contribution in [0.2, 0.25) is 0 Å². The van der Waals surface area contributed by atoms with E-state index in [4.69, 9.17) is 14.2 Å². The van der Waals surface area contributed by atoms with E-state index in [1.165, 1.54) is 14.2 Å². The van der Waals surface area contributed by atoms with Gasteiger partial charge in [0.25, 0.3) is 0 Å². The van der Waals surface area contributed by atoms with Crippen LogP contribution < -0.4 is 14.8 Å². The molecule has 0 aromatic heterocycles. The Bertz CT molecular complexity index is 854. The summed E-state index contributed by atoms with van der Waals surface area (Å²) in [4.78, 5) is 24.2. The molecule has 2 aromatic rings. The average molecular weight is 386 g/mol. The maximum atomic E-state index is 12.5. The van der Waals surface area contributed by atoms with Gasteiger partial charge in [0.1, 0.15) is 23.6 Å². The second kappa shape index (κ2) is 8.26. The fourth-order valence-electron chi connectivity index (χ4n) is 3.81. The molecule has 0 radical (unpaired) electrons. The number of nitrogens with one attached hydrogen (secondary N) is 1. The number of hydrogen-bond donors (Lipinski definition) is 1. The topological polar surface area (TPSA) is 99.9 Å². The summed E-state index contributed by atoms with van der Waals surface area (Å²) >= 11 is 0. The van der Waals surface area contributed by atoms with E-state index in [9.17, 15) is 14.9 Å². The van der Waals surface area contributed by atoms with E-state index in [2.05, 4.69) is 5.32 Å². The predicted molar refractivity (Wildman–Crippen MR) is 101 cm³/mol. The predicted octanol–water partition coefficient (Wildman–Crippen LogP) is 2.32. The van der Waals surface area contributed by atoms with Gasteiger partial charge in [0.15, 0.2) is 0 Å². The molecule has 3 rings (SSSR count). The van der Waals surface area contributed by atoms with E-state index in [1.807, 2.05) is 0 Å². The highest BCUT2D eigenvalue weighted by Crippen LogP contribution is 2.43. The van der Waals surface area contributed by atoms with Gasteiger partial charge in [0, 0.05) is 10.5 Å². The molecule has 1 aliphatic rings.